The third kappa shape index (κ3) is 4.42. The number of carbonyl (C=O) groups is 1. The summed E-state index contributed by atoms with van der Waals surface area (Å²) in [6.07, 6.45) is 3.37. The Hall–Kier alpha value is -1.26. The summed E-state index contributed by atoms with van der Waals surface area (Å²) in [5.74, 6) is 1.14. The maximum Gasteiger partial charge on any atom is 0.317 e. The largest absolute Gasteiger partial charge is 0.338 e. The first-order valence-electron chi connectivity index (χ1n) is 9.14. The van der Waals surface area contributed by atoms with Gasteiger partial charge in [0.05, 0.1) is 0 Å². The smallest absolute Gasteiger partial charge is 0.317 e. The van der Waals surface area contributed by atoms with Gasteiger partial charge >= 0.3 is 6.03 Å². The third-order valence-electron chi connectivity index (χ3n) is 5.16. The van der Waals surface area contributed by atoms with Gasteiger partial charge < -0.3 is 15.1 Å². The molecule has 1 aromatic carbocycles. The van der Waals surface area contributed by atoms with Crippen molar-refractivity contribution in [3.05, 3.63) is 34.9 Å². The molecule has 2 aliphatic heterocycles. The number of amides is 2. The summed E-state index contributed by atoms with van der Waals surface area (Å²) in [5.41, 5.74) is 1.19. The minimum Gasteiger partial charge on any atom is -0.338 e. The van der Waals surface area contributed by atoms with Crippen molar-refractivity contribution in [2.75, 3.05) is 39.3 Å². The van der Waals surface area contributed by atoms with Gasteiger partial charge in [0.25, 0.3) is 0 Å². The highest BCUT2D eigenvalue weighted by atomic mass is 35.5. The molecule has 132 valence electrons. The molecule has 4 nitrogen and oxygen atoms in total. The van der Waals surface area contributed by atoms with Crippen LogP contribution in [0.15, 0.2) is 24.3 Å². The molecule has 1 aromatic rings. The molecule has 1 unspecified atom stereocenters. The molecule has 3 rings (SSSR count). The van der Waals surface area contributed by atoms with Crippen LogP contribution in [0.5, 0.6) is 0 Å². The van der Waals surface area contributed by atoms with E-state index in [1.807, 2.05) is 23.1 Å². The second-order valence-corrected chi connectivity index (χ2v) is 7.62. The lowest BCUT2D eigenvalue weighted by molar-refractivity contribution is 0.119. The van der Waals surface area contributed by atoms with Gasteiger partial charge in [-0.2, -0.15) is 0 Å². The number of halogens is 1. The zero-order chi connectivity index (χ0) is 16.9. The number of nitrogens with one attached hydrogen (secondary N) is 1. The van der Waals surface area contributed by atoms with Crippen LogP contribution in [0.1, 0.15) is 25.3 Å². The molecule has 2 fully saturated rings. The van der Waals surface area contributed by atoms with Crippen molar-refractivity contribution in [3.8, 4) is 0 Å². The maximum atomic E-state index is 12.2. The van der Waals surface area contributed by atoms with E-state index in [0.29, 0.717) is 11.8 Å². The van der Waals surface area contributed by atoms with Gasteiger partial charge in [-0.05, 0) is 55.8 Å². The minimum absolute atomic E-state index is 0.0966. The Labute approximate surface area is 150 Å². The molecule has 1 atom stereocenters. The molecular formula is C19H28ClN3O. The van der Waals surface area contributed by atoms with Crippen molar-refractivity contribution in [2.24, 2.45) is 11.8 Å². The Kier molecular flexibility index (Phi) is 6.01. The van der Waals surface area contributed by atoms with E-state index in [-0.39, 0.29) is 6.03 Å². The molecule has 1 N–H and O–H groups in total. The monoisotopic (exact) mass is 349 g/mol. The summed E-state index contributed by atoms with van der Waals surface area (Å²) in [5, 5.41) is 3.95. The van der Waals surface area contributed by atoms with Crippen LogP contribution in [0.25, 0.3) is 0 Å². The zero-order valence-corrected chi connectivity index (χ0v) is 15.3. The first-order chi connectivity index (χ1) is 11.7. The van der Waals surface area contributed by atoms with Crippen LogP contribution in [-0.2, 0) is 6.42 Å². The molecule has 0 aromatic heterocycles. The number of nitrogens with zero attached hydrogens (tertiary/aromatic N) is 2. The molecule has 0 saturated carbocycles. The van der Waals surface area contributed by atoms with Gasteiger partial charge in [0, 0.05) is 31.2 Å². The highest BCUT2D eigenvalue weighted by Crippen LogP contribution is 2.24. The summed E-state index contributed by atoms with van der Waals surface area (Å²) >= 11 is 6.21. The van der Waals surface area contributed by atoms with Gasteiger partial charge in [-0.3, -0.25) is 0 Å². The quantitative estimate of drug-likeness (QED) is 0.855. The molecular weight excluding hydrogens is 322 g/mol. The molecule has 2 amide bonds. The van der Waals surface area contributed by atoms with Crippen LogP contribution in [0.2, 0.25) is 5.02 Å². The van der Waals surface area contributed by atoms with Crippen molar-refractivity contribution in [1.82, 2.24) is 15.1 Å². The lowest BCUT2D eigenvalue weighted by Gasteiger charge is -2.39. The second kappa shape index (κ2) is 8.21. The van der Waals surface area contributed by atoms with Crippen molar-refractivity contribution < 1.29 is 4.79 Å². The Balaban J connectivity index is 1.34. The van der Waals surface area contributed by atoms with Gasteiger partial charge in [-0.1, -0.05) is 36.7 Å². The van der Waals surface area contributed by atoms with Crippen LogP contribution in [0, 0.1) is 11.8 Å². The predicted molar refractivity (Wildman–Crippen MR) is 98.5 cm³/mol. The van der Waals surface area contributed by atoms with Crippen molar-refractivity contribution in [1.29, 1.82) is 0 Å². The second-order valence-electron chi connectivity index (χ2n) is 7.21. The molecule has 0 spiro atoms. The molecule has 5 heteroatoms. The summed E-state index contributed by atoms with van der Waals surface area (Å²) < 4.78 is 0. The molecule has 0 bridgehead atoms. The van der Waals surface area contributed by atoms with E-state index in [2.05, 4.69) is 23.2 Å². The average molecular weight is 350 g/mol. The Bertz CT molecular complexity index is 559. The normalized spacial score (nSPS) is 21.8. The number of hydrogen-bond acceptors (Lipinski definition) is 2. The third-order valence-corrected chi connectivity index (χ3v) is 5.53. The molecule has 2 aliphatic rings. The van der Waals surface area contributed by atoms with E-state index >= 15 is 0 Å². The van der Waals surface area contributed by atoms with E-state index < -0.39 is 0 Å². The first kappa shape index (κ1) is 17.6. The molecule has 2 saturated heterocycles. The average Bonchev–Trinajstić information content (AvgIpc) is 2.98. The number of hydrogen-bond donors (Lipinski definition) is 1. The van der Waals surface area contributed by atoms with Crippen molar-refractivity contribution in [3.63, 3.8) is 0 Å². The fourth-order valence-corrected chi connectivity index (χ4v) is 3.99. The van der Waals surface area contributed by atoms with Gasteiger partial charge in [0.15, 0.2) is 0 Å². The van der Waals surface area contributed by atoms with E-state index in [1.54, 1.807) is 0 Å². The van der Waals surface area contributed by atoms with Crippen LogP contribution in [-0.4, -0.2) is 55.1 Å². The summed E-state index contributed by atoms with van der Waals surface area (Å²) in [4.78, 5) is 16.6. The van der Waals surface area contributed by atoms with Gasteiger partial charge in [-0.15, -0.1) is 0 Å². The van der Waals surface area contributed by atoms with E-state index in [4.69, 9.17) is 11.6 Å². The first-order valence-corrected chi connectivity index (χ1v) is 9.52. The fraction of sp³-hybridized carbons (Fsp3) is 0.632. The number of rotatable bonds is 6. The number of benzene rings is 1. The Morgan fingerprint density at radius 1 is 1.25 bits per heavy atom. The van der Waals surface area contributed by atoms with Gasteiger partial charge in [-0.25, -0.2) is 4.79 Å². The highest BCUT2D eigenvalue weighted by Gasteiger charge is 2.31. The number of carbonyl (C=O) groups excluding carboxylic acids is 1. The predicted octanol–water partition coefficient (Wildman–Crippen LogP) is 3.26. The standard InChI is InChI=1S/C19H28ClN3O/c1-2-8-22-9-7-15(12-22)11-21-19(24)23-13-16(14-23)10-17-5-3-4-6-18(17)20/h3-6,15-16H,2,7-14H2,1H3,(H,21,24). The van der Waals surface area contributed by atoms with E-state index in [1.165, 1.54) is 31.5 Å². The van der Waals surface area contributed by atoms with Crippen LogP contribution in [0.4, 0.5) is 4.79 Å². The van der Waals surface area contributed by atoms with Crippen molar-refractivity contribution in [2.45, 2.75) is 26.2 Å². The topological polar surface area (TPSA) is 35.6 Å². The fourth-order valence-electron chi connectivity index (χ4n) is 3.78. The molecule has 0 aliphatic carbocycles. The molecule has 24 heavy (non-hydrogen) atoms. The molecule has 0 radical (unpaired) electrons. The van der Waals surface area contributed by atoms with E-state index in [9.17, 15) is 4.79 Å². The highest BCUT2D eigenvalue weighted by molar-refractivity contribution is 6.31. The van der Waals surface area contributed by atoms with Crippen LogP contribution >= 0.6 is 11.6 Å². The van der Waals surface area contributed by atoms with Crippen LogP contribution in [0.3, 0.4) is 0 Å². The van der Waals surface area contributed by atoms with E-state index in [0.717, 1.165) is 37.6 Å². The number of likely N-dealkylation sites (tertiary alicyclic amines) is 2. The summed E-state index contributed by atoms with van der Waals surface area (Å²) in [6.45, 7) is 8.19. The molecule has 2 heterocycles. The summed E-state index contributed by atoms with van der Waals surface area (Å²) in [7, 11) is 0. The van der Waals surface area contributed by atoms with Crippen molar-refractivity contribution >= 4 is 17.6 Å². The SMILES string of the molecule is CCCN1CCC(CNC(=O)N2CC(Cc3ccccc3Cl)C2)C1. The van der Waals surface area contributed by atoms with Crippen LogP contribution < -0.4 is 5.32 Å². The lowest BCUT2D eigenvalue weighted by atomic mass is 9.92. The minimum atomic E-state index is 0.0966. The Morgan fingerprint density at radius 2 is 2.04 bits per heavy atom. The maximum absolute atomic E-state index is 12.2. The van der Waals surface area contributed by atoms with Gasteiger partial charge in [0.2, 0.25) is 0 Å². The van der Waals surface area contributed by atoms with Gasteiger partial charge in [0.1, 0.15) is 0 Å². The Morgan fingerprint density at radius 3 is 2.79 bits per heavy atom. The zero-order valence-electron chi connectivity index (χ0n) is 14.5. The lowest BCUT2D eigenvalue weighted by Crippen LogP contribution is -2.55. The summed E-state index contributed by atoms with van der Waals surface area (Å²) in [6, 6.07) is 8.08. The number of urea groups is 1.